The fourth-order valence-electron chi connectivity index (χ4n) is 1.80. The van der Waals surface area contributed by atoms with Crippen molar-refractivity contribution < 1.29 is 15.0 Å². The Bertz CT molecular complexity index is 546. The number of H-pyrrole nitrogens is 1. The average molecular weight is 261 g/mol. The van der Waals surface area contributed by atoms with Crippen molar-refractivity contribution in [3.05, 3.63) is 42.0 Å². The van der Waals surface area contributed by atoms with Gasteiger partial charge in [0.1, 0.15) is 17.3 Å². The highest BCUT2D eigenvalue weighted by Crippen LogP contribution is 2.21. The maximum Gasteiger partial charge on any atom is 0.252 e. The number of nitrogens with zero attached hydrogens (tertiary/aromatic N) is 1. The number of phenols is 2. The van der Waals surface area contributed by atoms with E-state index in [9.17, 15) is 15.0 Å². The van der Waals surface area contributed by atoms with Crippen LogP contribution in [0.1, 0.15) is 35.6 Å². The summed E-state index contributed by atoms with van der Waals surface area (Å²) in [5.74, 6) is -0.0259. The van der Waals surface area contributed by atoms with Crippen molar-refractivity contribution in [2.24, 2.45) is 0 Å². The minimum Gasteiger partial charge on any atom is -0.508 e. The van der Waals surface area contributed by atoms with Crippen molar-refractivity contribution in [3.63, 3.8) is 0 Å². The zero-order chi connectivity index (χ0) is 13.8. The Morgan fingerprint density at radius 3 is 2.58 bits per heavy atom. The van der Waals surface area contributed by atoms with Gasteiger partial charge < -0.3 is 20.5 Å². The first-order valence-corrected chi connectivity index (χ1v) is 5.93. The molecule has 100 valence electrons. The number of amides is 1. The molecule has 0 aliphatic rings. The highest BCUT2D eigenvalue weighted by Gasteiger charge is 2.16. The summed E-state index contributed by atoms with van der Waals surface area (Å²) in [5.41, 5.74) is 0.197. The Kier molecular flexibility index (Phi) is 3.70. The summed E-state index contributed by atoms with van der Waals surface area (Å²) in [7, 11) is 0. The lowest BCUT2D eigenvalue weighted by Gasteiger charge is -2.14. The van der Waals surface area contributed by atoms with Gasteiger partial charge in [-0.25, -0.2) is 4.98 Å². The Hall–Kier alpha value is -2.50. The van der Waals surface area contributed by atoms with E-state index >= 15 is 0 Å². The topological polar surface area (TPSA) is 98.2 Å². The molecule has 0 fully saturated rings. The third-order valence-electron chi connectivity index (χ3n) is 2.73. The Morgan fingerprint density at radius 1 is 1.37 bits per heavy atom. The van der Waals surface area contributed by atoms with E-state index in [1.807, 2.05) is 6.92 Å². The lowest BCUT2D eigenvalue weighted by molar-refractivity contribution is 0.0933. The molecule has 1 unspecified atom stereocenters. The highest BCUT2D eigenvalue weighted by molar-refractivity contribution is 5.95. The van der Waals surface area contributed by atoms with Crippen molar-refractivity contribution in [3.8, 4) is 11.5 Å². The van der Waals surface area contributed by atoms with Gasteiger partial charge in [0.2, 0.25) is 0 Å². The van der Waals surface area contributed by atoms with Gasteiger partial charge in [-0.05, 0) is 18.6 Å². The Balaban J connectivity index is 2.15. The summed E-state index contributed by atoms with van der Waals surface area (Å²) in [6, 6.07) is 3.51. The van der Waals surface area contributed by atoms with E-state index in [1.54, 1.807) is 12.4 Å². The number of benzene rings is 1. The van der Waals surface area contributed by atoms with Crippen LogP contribution in [0.2, 0.25) is 0 Å². The molecular formula is C13H15N3O3. The minimum atomic E-state index is -0.380. The molecule has 2 aromatic rings. The lowest BCUT2D eigenvalue weighted by Crippen LogP contribution is -2.28. The number of hydrogen-bond donors (Lipinski definition) is 4. The number of hydrogen-bond acceptors (Lipinski definition) is 4. The van der Waals surface area contributed by atoms with Gasteiger partial charge in [-0.1, -0.05) is 6.92 Å². The molecule has 6 nitrogen and oxygen atoms in total. The van der Waals surface area contributed by atoms with Crippen molar-refractivity contribution in [2.45, 2.75) is 19.4 Å². The third-order valence-corrected chi connectivity index (χ3v) is 2.73. The van der Waals surface area contributed by atoms with Crippen LogP contribution in [-0.4, -0.2) is 26.1 Å². The predicted octanol–water partition coefficient (Wildman–Crippen LogP) is 1.70. The van der Waals surface area contributed by atoms with E-state index in [-0.39, 0.29) is 29.0 Å². The molecule has 0 bridgehead atoms. The fourth-order valence-corrected chi connectivity index (χ4v) is 1.80. The van der Waals surface area contributed by atoms with E-state index in [0.717, 1.165) is 0 Å². The first-order chi connectivity index (χ1) is 9.10. The van der Waals surface area contributed by atoms with Crippen LogP contribution >= 0.6 is 0 Å². The van der Waals surface area contributed by atoms with E-state index < -0.39 is 0 Å². The SMILES string of the molecule is CCC(NC(=O)c1cc(O)cc(O)c1)c1ncc[nH]1. The largest absolute Gasteiger partial charge is 0.508 e. The number of aromatic nitrogens is 2. The molecule has 6 heteroatoms. The van der Waals surface area contributed by atoms with Crippen LogP contribution in [0.4, 0.5) is 0 Å². The molecule has 1 aromatic carbocycles. The van der Waals surface area contributed by atoms with Crippen molar-refractivity contribution in [2.75, 3.05) is 0 Å². The number of carbonyl (C=O) groups is 1. The van der Waals surface area contributed by atoms with Gasteiger partial charge in [0.15, 0.2) is 0 Å². The van der Waals surface area contributed by atoms with Crippen LogP contribution in [0.25, 0.3) is 0 Å². The van der Waals surface area contributed by atoms with Crippen molar-refractivity contribution in [1.82, 2.24) is 15.3 Å². The molecule has 1 heterocycles. The zero-order valence-electron chi connectivity index (χ0n) is 10.4. The second kappa shape index (κ2) is 5.43. The molecule has 0 saturated heterocycles. The number of phenolic OH excluding ortho intramolecular Hbond substituents is 2. The van der Waals surface area contributed by atoms with Gasteiger partial charge in [-0.3, -0.25) is 4.79 Å². The highest BCUT2D eigenvalue weighted by atomic mass is 16.3. The second-order valence-electron chi connectivity index (χ2n) is 4.15. The predicted molar refractivity (Wildman–Crippen MR) is 68.9 cm³/mol. The van der Waals surface area contributed by atoms with Gasteiger partial charge >= 0.3 is 0 Å². The summed E-state index contributed by atoms with van der Waals surface area (Å²) in [6.45, 7) is 1.92. The van der Waals surface area contributed by atoms with Crippen LogP contribution in [0.15, 0.2) is 30.6 Å². The smallest absolute Gasteiger partial charge is 0.252 e. The summed E-state index contributed by atoms with van der Waals surface area (Å²) in [6.07, 6.45) is 3.97. The number of nitrogens with one attached hydrogen (secondary N) is 2. The number of aromatic hydroxyl groups is 2. The van der Waals surface area contributed by atoms with Gasteiger partial charge in [0.25, 0.3) is 5.91 Å². The molecule has 4 N–H and O–H groups in total. The number of rotatable bonds is 4. The summed E-state index contributed by atoms with van der Waals surface area (Å²) in [5, 5.41) is 21.5. The van der Waals surface area contributed by atoms with Gasteiger partial charge in [-0.15, -0.1) is 0 Å². The van der Waals surface area contributed by atoms with Crippen LogP contribution in [0, 0.1) is 0 Å². The van der Waals surface area contributed by atoms with E-state index in [2.05, 4.69) is 15.3 Å². The molecule has 0 aliphatic heterocycles. The monoisotopic (exact) mass is 261 g/mol. The Labute approximate surface area is 110 Å². The van der Waals surface area contributed by atoms with E-state index in [4.69, 9.17) is 0 Å². The van der Waals surface area contributed by atoms with Crippen LogP contribution in [0.3, 0.4) is 0 Å². The van der Waals surface area contributed by atoms with Crippen LogP contribution in [0.5, 0.6) is 11.5 Å². The summed E-state index contributed by atoms with van der Waals surface area (Å²) >= 11 is 0. The summed E-state index contributed by atoms with van der Waals surface area (Å²) < 4.78 is 0. The van der Waals surface area contributed by atoms with Gasteiger partial charge in [-0.2, -0.15) is 0 Å². The first-order valence-electron chi connectivity index (χ1n) is 5.93. The first kappa shape index (κ1) is 12.9. The van der Waals surface area contributed by atoms with Gasteiger partial charge in [0.05, 0.1) is 6.04 Å². The normalized spacial score (nSPS) is 12.1. The molecule has 0 spiro atoms. The van der Waals surface area contributed by atoms with E-state index in [1.165, 1.54) is 18.2 Å². The molecular weight excluding hydrogens is 246 g/mol. The Morgan fingerprint density at radius 2 is 2.05 bits per heavy atom. The molecule has 0 saturated carbocycles. The third kappa shape index (κ3) is 3.04. The number of carbonyl (C=O) groups excluding carboxylic acids is 1. The molecule has 2 rings (SSSR count). The van der Waals surface area contributed by atoms with Crippen LogP contribution < -0.4 is 5.32 Å². The standard InChI is InChI=1S/C13H15N3O3/c1-2-11(12-14-3-4-15-12)16-13(19)8-5-9(17)7-10(18)6-8/h3-7,11,17-18H,2H2,1H3,(H,14,15)(H,16,19). The second-order valence-corrected chi connectivity index (χ2v) is 4.15. The zero-order valence-corrected chi connectivity index (χ0v) is 10.4. The average Bonchev–Trinajstić information content (AvgIpc) is 2.88. The lowest BCUT2D eigenvalue weighted by atomic mass is 10.1. The maximum absolute atomic E-state index is 12.0. The van der Waals surface area contributed by atoms with Crippen molar-refractivity contribution >= 4 is 5.91 Å². The molecule has 19 heavy (non-hydrogen) atoms. The van der Waals surface area contributed by atoms with Crippen LogP contribution in [-0.2, 0) is 0 Å². The minimum absolute atomic E-state index is 0.156. The van der Waals surface area contributed by atoms with E-state index in [0.29, 0.717) is 12.2 Å². The molecule has 1 aromatic heterocycles. The molecule has 1 atom stereocenters. The fraction of sp³-hybridized carbons (Fsp3) is 0.231. The summed E-state index contributed by atoms with van der Waals surface area (Å²) in [4.78, 5) is 19.1. The number of aromatic amines is 1. The van der Waals surface area contributed by atoms with Gasteiger partial charge in [0, 0.05) is 24.0 Å². The molecule has 0 aliphatic carbocycles. The quantitative estimate of drug-likeness (QED) is 0.673. The van der Waals surface area contributed by atoms with Crippen molar-refractivity contribution in [1.29, 1.82) is 0 Å². The number of imidazole rings is 1. The molecule has 1 amide bonds. The molecule has 0 radical (unpaired) electrons. The maximum atomic E-state index is 12.0.